The average Bonchev–Trinajstić information content (AvgIpc) is 3.25. The third-order valence-electron chi connectivity index (χ3n) is 7.28. The third kappa shape index (κ3) is 4.19. The highest BCUT2D eigenvalue weighted by atomic mass is 32.1. The number of piperazine rings is 1. The first-order valence-electron chi connectivity index (χ1n) is 12.3. The number of carbonyl (C=O) groups is 1. The number of likely N-dealkylation sites (tertiary alicyclic amines) is 1. The van der Waals surface area contributed by atoms with Gasteiger partial charge in [-0.05, 0) is 62.4 Å². The number of methoxy groups -OCH3 is 1. The number of rotatable bonds is 5. The molecule has 0 N–H and O–H groups in total. The van der Waals surface area contributed by atoms with Crippen molar-refractivity contribution in [3.8, 4) is 5.75 Å². The molecule has 3 aromatic rings. The zero-order chi connectivity index (χ0) is 23.7. The van der Waals surface area contributed by atoms with Crippen LogP contribution in [0.25, 0.3) is 10.2 Å². The predicted octanol–water partition coefficient (Wildman–Crippen LogP) is 4.74. The number of ether oxygens (including phenoxy) is 1. The van der Waals surface area contributed by atoms with Gasteiger partial charge in [0, 0.05) is 44.5 Å². The smallest absolute Gasteiger partial charge is 0.264 e. The van der Waals surface area contributed by atoms with Crippen molar-refractivity contribution < 1.29 is 9.53 Å². The van der Waals surface area contributed by atoms with Crippen LogP contribution >= 0.6 is 11.3 Å². The Morgan fingerprint density at radius 3 is 2.50 bits per heavy atom. The number of amides is 1. The molecule has 34 heavy (non-hydrogen) atoms. The summed E-state index contributed by atoms with van der Waals surface area (Å²) in [5, 5.41) is 1.04. The Hall–Kier alpha value is -2.87. The predicted molar refractivity (Wildman–Crippen MR) is 139 cm³/mol. The summed E-state index contributed by atoms with van der Waals surface area (Å²) >= 11 is 1.53. The van der Waals surface area contributed by atoms with Gasteiger partial charge in [-0.25, -0.2) is 9.97 Å². The molecule has 4 heterocycles. The summed E-state index contributed by atoms with van der Waals surface area (Å²) in [6.45, 7) is 8.69. The molecule has 8 heteroatoms. The lowest BCUT2D eigenvalue weighted by molar-refractivity contribution is 0.0612. The summed E-state index contributed by atoms with van der Waals surface area (Å²) in [5.41, 5.74) is 2.23. The maximum absolute atomic E-state index is 13.6. The molecule has 5 rings (SSSR count). The first-order valence-corrected chi connectivity index (χ1v) is 13.1. The van der Waals surface area contributed by atoms with Crippen molar-refractivity contribution in [2.24, 2.45) is 0 Å². The molecule has 1 amide bonds. The number of nitrogens with zero attached hydrogens (tertiary/aromatic N) is 5. The summed E-state index contributed by atoms with van der Waals surface area (Å²) < 4.78 is 5.29. The number of piperidine rings is 1. The SMILES string of the molecule is CCC1CCCCN1C(=O)c1sc2ncnc(N3CCN(c4ccc(OC)cc4)CC3)c2c1C. The second kappa shape index (κ2) is 9.78. The Balaban J connectivity index is 1.37. The highest BCUT2D eigenvalue weighted by Gasteiger charge is 2.30. The van der Waals surface area contributed by atoms with Crippen molar-refractivity contribution in [2.45, 2.75) is 45.6 Å². The van der Waals surface area contributed by atoms with Gasteiger partial charge in [0.25, 0.3) is 5.91 Å². The molecule has 0 radical (unpaired) electrons. The fourth-order valence-corrected chi connectivity index (χ4v) is 6.39. The number of carbonyl (C=O) groups excluding carboxylic acids is 1. The maximum atomic E-state index is 13.6. The number of aromatic nitrogens is 2. The molecule has 7 nitrogen and oxygen atoms in total. The quantitative estimate of drug-likeness (QED) is 0.527. The van der Waals surface area contributed by atoms with Crippen LogP contribution in [0, 0.1) is 6.92 Å². The van der Waals surface area contributed by atoms with Gasteiger partial charge in [0.15, 0.2) is 0 Å². The zero-order valence-corrected chi connectivity index (χ0v) is 21.1. The second-order valence-electron chi connectivity index (χ2n) is 9.16. The Kier molecular flexibility index (Phi) is 6.59. The van der Waals surface area contributed by atoms with Gasteiger partial charge in [0.2, 0.25) is 0 Å². The number of fused-ring (bicyclic) bond motifs is 1. The molecule has 1 aromatic carbocycles. The fourth-order valence-electron chi connectivity index (χ4n) is 5.29. The summed E-state index contributed by atoms with van der Waals surface area (Å²) in [4.78, 5) is 31.4. The van der Waals surface area contributed by atoms with Crippen LogP contribution in [-0.4, -0.2) is 66.7 Å². The molecule has 2 saturated heterocycles. The zero-order valence-electron chi connectivity index (χ0n) is 20.3. The van der Waals surface area contributed by atoms with E-state index < -0.39 is 0 Å². The molecule has 2 aliphatic heterocycles. The number of hydrogen-bond donors (Lipinski definition) is 0. The molecule has 1 atom stereocenters. The second-order valence-corrected chi connectivity index (χ2v) is 10.2. The van der Waals surface area contributed by atoms with Gasteiger partial charge in [0.05, 0.1) is 17.4 Å². The van der Waals surface area contributed by atoms with Gasteiger partial charge >= 0.3 is 0 Å². The number of thiophene rings is 1. The molecular formula is C26H33N5O2S. The monoisotopic (exact) mass is 479 g/mol. The van der Waals surface area contributed by atoms with Crippen LogP contribution in [0.15, 0.2) is 30.6 Å². The van der Waals surface area contributed by atoms with Crippen LogP contribution < -0.4 is 14.5 Å². The van der Waals surface area contributed by atoms with E-state index in [1.807, 2.05) is 12.1 Å². The number of aryl methyl sites for hydroxylation is 1. The summed E-state index contributed by atoms with van der Waals surface area (Å²) in [6, 6.07) is 8.59. The standard InChI is InChI=1S/C26H33N5O2S/c1-4-19-7-5-6-12-31(19)26(32)23-18(2)22-24(27-17-28-25(22)34-23)30-15-13-29(14-16-30)20-8-10-21(33-3)11-9-20/h8-11,17,19H,4-7,12-16H2,1-3H3. The summed E-state index contributed by atoms with van der Waals surface area (Å²) in [5.74, 6) is 2.00. The van der Waals surface area contributed by atoms with Crippen LogP contribution in [0.2, 0.25) is 0 Å². The van der Waals surface area contributed by atoms with Gasteiger partial charge in [-0.15, -0.1) is 11.3 Å². The van der Waals surface area contributed by atoms with E-state index in [-0.39, 0.29) is 5.91 Å². The lowest BCUT2D eigenvalue weighted by atomic mass is 9.99. The Labute approximate surface area is 205 Å². The molecule has 2 aliphatic rings. The molecular weight excluding hydrogens is 446 g/mol. The minimum Gasteiger partial charge on any atom is -0.497 e. The Bertz CT molecular complexity index is 1150. The van der Waals surface area contributed by atoms with Crippen LogP contribution in [0.1, 0.15) is 47.8 Å². The first kappa shape index (κ1) is 22.9. The minimum absolute atomic E-state index is 0.169. The van der Waals surface area contributed by atoms with Gasteiger partial charge in [-0.2, -0.15) is 0 Å². The highest BCUT2D eigenvalue weighted by molar-refractivity contribution is 7.20. The Morgan fingerprint density at radius 1 is 1.06 bits per heavy atom. The van der Waals surface area contributed by atoms with E-state index in [9.17, 15) is 4.79 Å². The molecule has 0 saturated carbocycles. The molecule has 2 aromatic heterocycles. The van der Waals surface area contributed by atoms with E-state index >= 15 is 0 Å². The van der Waals surface area contributed by atoms with Gasteiger partial charge in [0.1, 0.15) is 22.7 Å². The maximum Gasteiger partial charge on any atom is 0.264 e. The van der Waals surface area contributed by atoms with Crippen LogP contribution in [-0.2, 0) is 0 Å². The van der Waals surface area contributed by atoms with E-state index in [1.165, 1.54) is 23.4 Å². The Morgan fingerprint density at radius 2 is 1.79 bits per heavy atom. The first-order chi connectivity index (χ1) is 16.6. The molecule has 0 bridgehead atoms. The van der Waals surface area contributed by atoms with Gasteiger partial charge < -0.3 is 19.4 Å². The van der Waals surface area contributed by atoms with Crippen molar-refractivity contribution in [1.29, 1.82) is 0 Å². The lowest BCUT2D eigenvalue weighted by Crippen LogP contribution is -2.47. The van der Waals surface area contributed by atoms with Gasteiger partial charge in [-0.1, -0.05) is 6.92 Å². The molecule has 1 unspecified atom stereocenters. The topological polar surface area (TPSA) is 61.8 Å². The minimum atomic E-state index is 0.169. The van der Waals surface area contributed by atoms with E-state index in [1.54, 1.807) is 13.4 Å². The largest absolute Gasteiger partial charge is 0.497 e. The van der Waals surface area contributed by atoms with Crippen molar-refractivity contribution in [3.05, 3.63) is 41.0 Å². The normalized spacial score (nSPS) is 19.0. The van der Waals surface area contributed by atoms with Crippen molar-refractivity contribution in [1.82, 2.24) is 14.9 Å². The number of anilines is 2. The average molecular weight is 480 g/mol. The molecule has 0 spiro atoms. The molecule has 180 valence electrons. The molecule has 2 fully saturated rings. The van der Waals surface area contributed by atoms with E-state index in [0.717, 1.165) is 84.2 Å². The lowest BCUT2D eigenvalue weighted by Gasteiger charge is -2.37. The fraction of sp³-hybridized carbons (Fsp3) is 0.500. The van der Waals surface area contributed by atoms with Crippen LogP contribution in [0.4, 0.5) is 11.5 Å². The summed E-state index contributed by atoms with van der Waals surface area (Å²) in [6.07, 6.45) is 6.07. The van der Waals surface area contributed by atoms with E-state index in [0.29, 0.717) is 6.04 Å². The third-order valence-corrected chi connectivity index (χ3v) is 8.46. The van der Waals surface area contributed by atoms with Crippen LogP contribution in [0.3, 0.4) is 0 Å². The number of hydrogen-bond acceptors (Lipinski definition) is 7. The summed E-state index contributed by atoms with van der Waals surface area (Å²) in [7, 11) is 1.69. The van der Waals surface area contributed by atoms with Crippen molar-refractivity contribution >= 4 is 39.0 Å². The molecule has 0 aliphatic carbocycles. The van der Waals surface area contributed by atoms with E-state index in [4.69, 9.17) is 4.74 Å². The van der Waals surface area contributed by atoms with E-state index in [2.05, 4.69) is 50.6 Å². The number of benzene rings is 1. The van der Waals surface area contributed by atoms with Crippen LogP contribution in [0.5, 0.6) is 5.75 Å². The highest BCUT2D eigenvalue weighted by Crippen LogP contribution is 2.37. The van der Waals surface area contributed by atoms with Gasteiger partial charge in [-0.3, -0.25) is 4.79 Å². The van der Waals surface area contributed by atoms with Crippen molar-refractivity contribution in [2.75, 3.05) is 49.6 Å². The van der Waals surface area contributed by atoms with Crippen molar-refractivity contribution in [3.63, 3.8) is 0 Å².